The zero-order valence-electron chi connectivity index (χ0n) is 16.3. The molecule has 1 fully saturated rings. The Kier molecular flexibility index (Phi) is 5.74. The Balaban J connectivity index is 1.52. The topological polar surface area (TPSA) is 64.7 Å². The van der Waals surface area contributed by atoms with Crippen molar-refractivity contribution in [1.82, 2.24) is 19.6 Å². The molecular weight excluding hydrogens is 454 g/mol. The van der Waals surface area contributed by atoms with Crippen molar-refractivity contribution in [3.63, 3.8) is 0 Å². The fourth-order valence-corrected chi connectivity index (χ4v) is 3.63. The summed E-state index contributed by atoms with van der Waals surface area (Å²) >= 11 is 12.4. The highest BCUT2D eigenvalue weighted by atomic mass is 35.5. The second-order valence-electron chi connectivity index (χ2n) is 7.45. The first-order chi connectivity index (χ1) is 14.6. The quantitative estimate of drug-likeness (QED) is 0.513. The Hall–Kier alpha value is -2.52. The van der Waals surface area contributed by atoms with Gasteiger partial charge < -0.3 is 5.32 Å². The van der Waals surface area contributed by atoms with Crippen LogP contribution in [0.15, 0.2) is 36.5 Å². The Morgan fingerprint density at radius 3 is 2.58 bits per heavy atom. The largest absolute Gasteiger partial charge is 0.435 e. The number of carbonyl (C=O) groups is 1. The van der Waals surface area contributed by atoms with E-state index < -0.39 is 23.8 Å². The Labute approximate surface area is 185 Å². The first-order valence-corrected chi connectivity index (χ1v) is 10.3. The minimum absolute atomic E-state index is 0.0164. The second-order valence-corrected chi connectivity index (χ2v) is 8.27. The van der Waals surface area contributed by atoms with Crippen molar-refractivity contribution in [2.45, 2.75) is 44.4 Å². The number of rotatable bonds is 6. The van der Waals surface area contributed by atoms with Gasteiger partial charge in [-0.3, -0.25) is 14.2 Å². The predicted molar refractivity (Wildman–Crippen MR) is 110 cm³/mol. The van der Waals surface area contributed by atoms with Crippen molar-refractivity contribution in [2.24, 2.45) is 0 Å². The average Bonchev–Trinajstić information content (AvgIpc) is 3.35. The normalized spacial score (nSPS) is 15.2. The molecule has 164 valence electrons. The molecule has 0 spiro atoms. The second kappa shape index (κ2) is 8.20. The molecule has 2 heterocycles. The summed E-state index contributed by atoms with van der Waals surface area (Å²) in [5.41, 5.74) is 0.223. The summed E-state index contributed by atoms with van der Waals surface area (Å²) in [6.45, 7) is 1.83. The summed E-state index contributed by atoms with van der Waals surface area (Å²) in [4.78, 5) is 12.8. The number of anilines is 1. The third-order valence-corrected chi connectivity index (χ3v) is 5.69. The molecule has 0 bridgehead atoms. The Morgan fingerprint density at radius 2 is 1.94 bits per heavy atom. The number of halogens is 5. The maximum Gasteiger partial charge on any atom is 0.435 e. The van der Waals surface area contributed by atoms with E-state index in [1.807, 2.05) is 18.2 Å². The fraction of sp³-hybridized carbons (Fsp3) is 0.350. The first-order valence-electron chi connectivity index (χ1n) is 9.57. The van der Waals surface area contributed by atoms with Gasteiger partial charge in [0, 0.05) is 22.8 Å². The molecule has 6 nitrogen and oxygen atoms in total. The summed E-state index contributed by atoms with van der Waals surface area (Å²) < 4.78 is 42.0. The third kappa shape index (κ3) is 4.72. The van der Waals surface area contributed by atoms with E-state index in [1.54, 1.807) is 6.07 Å². The SMILES string of the molecule is CC(C(=O)Nc1nn(Cc2ccccc2Cl)cc1Cl)n1nc(C(F)(F)F)cc1C1CC1. The summed E-state index contributed by atoms with van der Waals surface area (Å²) in [5.74, 6) is -0.470. The minimum Gasteiger partial charge on any atom is -0.306 e. The zero-order valence-corrected chi connectivity index (χ0v) is 17.8. The van der Waals surface area contributed by atoms with E-state index in [0.29, 0.717) is 17.3 Å². The molecule has 0 aliphatic heterocycles. The number of nitrogens with one attached hydrogen (secondary N) is 1. The van der Waals surface area contributed by atoms with Gasteiger partial charge in [-0.1, -0.05) is 41.4 Å². The van der Waals surface area contributed by atoms with Gasteiger partial charge in [0.25, 0.3) is 0 Å². The smallest absolute Gasteiger partial charge is 0.306 e. The van der Waals surface area contributed by atoms with Gasteiger partial charge in [0.2, 0.25) is 5.91 Å². The summed E-state index contributed by atoms with van der Waals surface area (Å²) in [5, 5.41) is 11.3. The van der Waals surface area contributed by atoms with Crippen molar-refractivity contribution < 1.29 is 18.0 Å². The Bertz CT molecular complexity index is 1120. The van der Waals surface area contributed by atoms with Crippen LogP contribution in [0.5, 0.6) is 0 Å². The molecule has 1 aliphatic carbocycles. The molecule has 1 aromatic carbocycles. The van der Waals surface area contributed by atoms with Crippen LogP contribution >= 0.6 is 23.2 Å². The highest BCUT2D eigenvalue weighted by molar-refractivity contribution is 6.33. The molecule has 31 heavy (non-hydrogen) atoms. The van der Waals surface area contributed by atoms with Crippen molar-refractivity contribution in [2.75, 3.05) is 5.32 Å². The van der Waals surface area contributed by atoms with Gasteiger partial charge in [-0.15, -0.1) is 0 Å². The van der Waals surface area contributed by atoms with Gasteiger partial charge in [0.15, 0.2) is 11.5 Å². The van der Waals surface area contributed by atoms with Crippen LogP contribution < -0.4 is 5.32 Å². The van der Waals surface area contributed by atoms with Crippen molar-refractivity contribution in [3.05, 3.63) is 63.5 Å². The van der Waals surface area contributed by atoms with Gasteiger partial charge in [-0.05, 0) is 37.5 Å². The van der Waals surface area contributed by atoms with Crippen LogP contribution in [0.2, 0.25) is 10.0 Å². The molecule has 1 atom stereocenters. The number of alkyl halides is 3. The number of carbonyl (C=O) groups excluding carboxylic acids is 1. The number of amides is 1. The van der Waals surface area contributed by atoms with E-state index in [1.165, 1.54) is 17.8 Å². The molecule has 4 rings (SSSR count). The van der Waals surface area contributed by atoms with Gasteiger partial charge in [-0.2, -0.15) is 23.4 Å². The maximum absolute atomic E-state index is 13.1. The lowest BCUT2D eigenvalue weighted by Gasteiger charge is -2.15. The number of hydrogen-bond acceptors (Lipinski definition) is 3. The van der Waals surface area contributed by atoms with E-state index >= 15 is 0 Å². The van der Waals surface area contributed by atoms with Crippen LogP contribution in [-0.2, 0) is 17.5 Å². The lowest BCUT2D eigenvalue weighted by molar-refractivity contribution is -0.141. The maximum atomic E-state index is 13.1. The molecule has 1 amide bonds. The lowest BCUT2D eigenvalue weighted by atomic mass is 10.2. The molecule has 1 N–H and O–H groups in total. The van der Waals surface area contributed by atoms with Gasteiger partial charge >= 0.3 is 6.18 Å². The average molecular weight is 472 g/mol. The van der Waals surface area contributed by atoms with E-state index in [0.717, 1.165) is 29.2 Å². The van der Waals surface area contributed by atoms with Gasteiger partial charge in [0.1, 0.15) is 11.1 Å². The van der Waals surface area contributed by atoms with Crippen LogP contribution in [0.1, 0.15) is 48.7 Å². The molecule has 1 unspecified atom stereocenters. The van der Waals surface area contributed by atoms with Gasteiger partial charge in [0.05, 0.1) is 6.54 Å². The summed E-state index contributed by atoms with van der Waals surface area (Å²) in [6, 6.07) is 7.29. The zero-order chi connectivity index (χ0) is 22.3. The van der Waals surface area contributed by atoms with Crippen LogP contribution in [0.3, 0.4) is 0 Å². The molecule has 0 saturated heterocycles. The van der Waals surface area contributed by atoms with E-state index in [2.05, 4.69) is 15.5 Å². The standard InChI is InChI=1S/C20H18Cl2F3N5O/c1-11(30-16(12-6-7-12)8-17(27-30)20(23,24)25)19(31)26-18-15(22)10-29(28-18)9-13-4-2-3-5-14(13)21/h2-5,8,10-12H,6-7,9H2,1H3,(H,26,28,31). The van der Waals surface area contributed by atoms with Crippen molar-refractivity contribution in [1.29, 1.82) is 0 Å². The van der Waals surface area contributed by atoms with E-state index in [9.17, 15) is 18.0 Å². The summed E-state index contributed by atoms with van der Waals surface area (Å²) in [7, 11) is 0. The monoisotopic (exact) mass is 471 g/mol. The third-order valence-electron chi connectivity index (χ3n) is 5.05. The van der Waals surface area contributed by atoms with Crippen LogP contribution in [0.25, 0.3) is 0 Å². The molecule has 1 aliphatic rings. The number of benzene rings is 1. The van der Waals surface area contributed by atoms with Crippen molar-refractivity contribution in [3.8, 4) is 0 Å². The highest BCUT2D eigenvalue weighted by Gasteiger charge is 2.39. The highest BCUT2D eigenvalue weighted by Crippen LogP contribution is 2.43. The lowest BCUT2D eigenvalue weighted by Crippen LogP contribution is -2.26. The number of nitrogens with zero attached hydrogens (tertiary/aromatic N) is 4. The van der Waals surface area contributed by atoms with E-state index in [4.69, 9.17) is 23.2 Å². The van der Waals surface area contributed by atoms with Crippen molar-refractivity contribution >= 4 is 34.9 Å². The fourth-order valence-electron chi connectivity index (χ4n) is 3.24. The van der Waals surface area contributed by atoms with Crippen LogP contribution in [0.4, 0.5) is 19.0 Å². The molecule has 2 aromatic heterocycles. The molecule has 1 saturated carbocycles. The number of hydrogen-bond donors (Lipinski definition) is 1. The molecule has 0 radical (unpaired) electrons. The van der Waals surface area contributed by atoms with Crippen LogP contribution in [0, 0.1) is 0 Å². The van der Waals surface area contributed by atoms with E-state index in [-0.39, 0.29) is 16.8 Å². The molecule has 11 heteroatoms. The van der Waals surface area contributed by atoms with Crippen LogP contribution in [-0.4, -0.2) is 25.5 Å². The summed E-state index contributed by atoms with van der Waals surface area (Å²) in [6.07, 6.45) is -1.49. The number of aromatic nitrogens is 4. The Morgan fingerprint density at radius 1 is 1.23 bits per heavy atom. The van der Waals surface area contributed by atoms with Gasteiger partial charge in [-0.25, -0.2) is 0 Å². The predicted octanol–water partition coefficient (Wildman–Crippen LogP) is 5.53. The minimum atomic E-state index is -4.58. The first kappa shape index (κ1) is 21.7. The molecular formula is C20H18Cl2F3N5O. The molecule has 3 aromatic rings.